The molecule has 3 heteroatoms. The summed E-state index contributed by atoms with van der Waals surface area (Å²) in [7, 11) is 0. The molecule has 0 unspecified atom stereocenters. The third-order valence-corrected chi connectivity index (χ3v) is 3.28. The number of nitrogens with zero attached hydrogens (tertiary/aromatic N) is 1. The molecule has 3 rings (SSSR count). The standard InChI is InChI=1S/C12H15N3/c1-7-5-8(2)10-9(6-7)11(15-14-10)12(13)3-4-12/h5-6H,3-4,13H2,1-2H3,(H,14,15). The maximum absolute atomic E-state index is 6.21. The molecule has 0 radical (unpaired) electrons. The van der Waals surface area contributed by atoms with Crippen LogP contribution in [0.5, 0.6) is 0 Å². The maximum Gasteiger partial charge on any atom is 0.0953 e. The Hall–Kier alpha value is -1.35. The molecule has 1 fully saturated rings. The molecule has 3 nitrogen and oxygen atoms in total. The van der Waals surface area contributed by atoms with Crippen molar-refractivity contribution in [3.8, 4) is 0 Å². The van der Waals surface area contributed by atoms with Crippen molar-refractivity contribution < 1.29 is 0 Å². The number of aromatic nitrogens is 2. The molecule has 78 valence electrons. The van der Waals surface area contributed by atoms with Gasteiger partial charge in [-0.2, -0.15) is 5.10 Å². The lowest BCUT2D eigenvalue weighted by atomic mass is 10.0. The predicted molar refractivity (Wildman–Crippen MR) is 60.7 cm³/mol. The van der Waals surface area contributed by atoms with E-state index in [1.807, 2.05) is 0 Å². The molecule has 1 aliphatic rings. The lowest BCUT2D eigenvalue weighted by Gasteiger charge is -2.06. The van der Waals surface area contributed by atoms with Gasteiger partial charge < -0.3 is 5.73 Å². The zero-order chi connectivity index (χ0) is 10.6. The van der Waals surface area contributed by atoms with E-state index < -0.39 is 0 Å². The Balaban J connectivity index is 2.33. The summed E-state index contributed by atoms with van der Waals surface area (Å²) in [5.41, 5.74) is 10.7. The van der Waals surface area contributed by atoms with Gasteiger partial charge in [0.25, 0.3) is 0 Å². The second-order valence-corrected chi connectivity index (χ2v) is 4.73. The van der Waals surface area contributed by atoms with E-state index in [1.165, 1.54) is 16.5 Å². The summed E-state index contributed by atoms with van der Waals surface area (Å²) in [6, 6.07) is 4.33. The highest BCUT2D eigenvalue weighted by atomic mass is 15.1. The molecule has 0 atom stereocenters. The fourth-order valence-corrected chi connectivity index (χ4v) is 2.24. The summed E-state index contributed by atoms with van der Waals surface area (Å²) in [5.74, 6) is 0. The summed E-state index contributed by atoms with van der Waals surface area (Å²) >= 11 is 0. The zero-order valence-corrected chi connectivity index (χ0v) is 9.09. The number of rotatable bonds is 1. The first-order valence-electron chi connectivity index (χ1n) is 5.35. The molecule has 0 spiro atoms. The van der Waals surface area contributed by atoms with E-state index in [9.17, 15) is 0 Å². The molecule has 0 amide bonds. The molecule has 1 heterocycles. The molecule has 0 saturated heterocycles. The van der Waals surface area contributed by atoms with E-state index in [4.69, 9.17) is 5.73 Å². The lowest BCUT2D eigenvalue weighted by molar-refractivity contribution is 0.708. The van der Waals surface area contributed by atoms with Gasteiger partial charge in [-0.3, -0.25) is 5.10 Å². The zero-order valence-electron chi connectivity index (χ0n) is 9.09. The van der Waals surface area contributed by atoms with Gasteiger partial charge in [0.15, 0.2) is 0 Å². The number of benzene rings is 1. The second-order valence-electron chi connectivity index (χ2n) is 4.73. The van der Waals surface area contributed by atoms with Crippen LogP contribution in [-0.2, 0) is 5.54 Å². The van der Waals surface area contributed by atoms with Crippen LogP contribution in [0.4, 0.5) is 0 Å². The number of hydrogen-bond acceptors (Lipinski definition) is 2. The fourth-order valence-electron chi connectivity index (χ4n) is 2.24. The third-order valence-electron chi connectivity index (χ3n) is 3.28. The summed E-state index contributed by atoms with van der Waals surface area (Å²) in [6.07, 6.45) is 2.13. The Labute approximate surface area is 88.7 Å². The largest absolute Gasteiger partial charge is 0.320 e. The number of fused-ring (bicyclic) bond motifs is 1. The van der Waals surface area contributed by atoms with E-state index in [-0.39, 0.29) is 5.54 Å². The molecule has 15 heavy (non-hydrogen) atoms. The molecule has 0 bridgehead atoms. The first-order valence-corrected chi connectivity index (χ1v) is 5.35. The van der Waals surface area contributed by atoms with Crippen LogP contribution >= 0.6 is 0 Å². The SMILES string of the molecule is Cc1cc(C)c2n[nH]c(C3(N)CC3)c2c1. The third kappa shape index (κ3) is 1.20. The lowest BCUT2D eigenvalue weighted by Crippen LogP contribution is -2.19. The van der Waals surface area contributed by atoms with Crippen molar-refractivity contribution in [1.82, 2.24) is 10.2 Å². The van der Waals surface area contributed by atoms with E-state index in [1.54, 1.807) is 0 Å². The fraction of sp³-hybridized carbons (Fsp3) is 0.417. The van der Waals surface area contributed by atoms with Crippen LogP contribution in [0, 0.1) is 13.8 Å². The number of aryl methyl sites for hydroxylation is 2. The van der Waals surface area contributed by atoms with E-state index in [0.29, 0.717) is 0 Å². The molecule has 2 aromatic rings. The van der Waals surface area contributed by atoms with E-state index >= 15 is 0 Å². The molecular weight excluding hydrogens is 186 g/mol. The van der Waals surface area contributed by atoms with E-state index in [0.717, 1.165) is 24.1 Å². The summed E-state index contributed by atoms with van der Waals surface area (Å²) < 4.78 is 0. The van der Waals surface area contributed by atoms with Crippen molar-refractivity contribution in [1.29, 1.82) is 0 Å². The molecule has 1 aliphatic carbocycles. The van der Waals surface area contributed by atoms with Crippen molar-refractivity contribution in [3.63, 3.8) is 0 Å². The molecular formula is C12H15N3. The molecule has 1 saturated carbocycles. The van der Waals surface area contributed by atoms with Gasteiger partial charge in [-0.1, -0.05) is 11.6 Å². The van der Waals surface area contributed by atoms with Gasteiger partial charge in [0, 0.05) is 5.39 Å². The van der Waals surface area contributed by atoms with Gasteiger partial charge in [-0.15, -0.1) is 0 Å². The van der Waals surface area contributed by atoms with Crippen LogP contribution in [0.25, 0.3) is 10.9 Å². The quantitative estimate of drug-likeness (QED) is 0.742. The molecule has 3 N–H and O–H groups in total. The number of hydrogen-bond donors (Lipinski definition) is 2. The van der Waals surface area contributed by atoms with E-state index in [2.05, 4.69) is 36.2 Å². The number of aromatic amines is 1. The maximum atomic E-state index is 6.21. The average Bonchev–Trinajstić information content (AvgIpc) is 2.76. The van der Waals surface area contributed by atoms with Crippen molar-refractivity contribution in [2.75, 3.05) is 0 Å². The minimum atomic E-state index is -0.130. The smallest absolute Gasteiger partial charge is 0.0953 e. The van der Waals surface area contributed by atoms with Crippen LogP contribution in [0.15, 0.2) is 12.1 Å². The Morgan fingerprint density at radius 2 is 2.07 bits per heavy atom. The highest BCUT2D eigenvalue weighted by Gasteiger charge is 2.42. The Bertz CT molecular complexity index is 535. The first kappa shape index (κ1) is 8.92. The van der Waals surface area contributed by atoms with Gasteiger partial charge in [0.05, 0.1) is 16.7 Å². The van der Waals surface area contributed by atoms with Crippen LogP contribution in [0.2, 0.25) is 0 Å². The highest BCUT2D eigenvalue weighted by Crippen LogP contribution is 2.44. The van der Waals surface area contributed by atoms with Crippen molar-refractivity contribution >= 4 is 10.9 Å². The van der Waals surface area contributed by atoms with Gasteiger partial charge in [-0.05, 0) is 38.3 Å². The number of nitrogens with one attached hydrogen (secondary N) is 1. The van der Waals surface area contributed by atoms with Crippen LogP contribution < -0.4 is 5.73 Å². The minimum absolute atomic E-state index is 0.130. The first-order chi connectivity index (χ1) is 7.10. The van der Waals surface area contributed by atoms with Gasteiger partial charge in [-0.25, -0.2) is 0 Å². The highest BCUT2D eigenvalue weighted by molar-refractivity contribution is 5.86. The summed E-state index contributed by atoms with van der Waals surface area (Å²) in [6.45, 7) is 4.20. The van der Waals surface area contributed by atoms with Crippen LogP contribution in [0.1, 0.15) is 29.7 Å². The number of nitrogens with two attached hydrogens (primary N) is 1. The Kier molecular flexibility index (Phi) is 1.55. The monoisotopic (exact) mass is 201 g/mol. The van der Waals surface area contributed by atoms with Gasteiger partial charge >= 0.3 is 0 Å². The summed E-state index contributed by atoms with van der Waals surface area (Å²) in [5, 5.41) is 8.67. The minimum Gasteiger partial charge on any atom is -0.320 e. The van der Waals surface area contributed by atoms with Crippen molar-refractivity contribution in [2.45, 2.75) is 32.2 Å². The van der Waals surface area contributed by atoms with Gasteiger partial charge in [0.1, 0.15) is 0 Å². The second kappa shape index (κ2) is 2.61. The van der Waals surface area contributed by atoms with Gasteiger partial charge in [0.2, 0.25) is 0 Å². The normalized spacial score (nSPS) is 18.3. The molecule has 1 aromatic carbocycles. The average molecular weight is 201 g/mol. The summed E-state index contributed by atoms with van der Waals surface area (Å²) in [4.78, 5) is 0. The van der Waals surface area contributed by atoms with Crippen LogP contribution in [0.3, 0.4) is 0 Å². The predicted octanol–water partition coefficient (Wildman–Crippen LogP) is 2.13. The van der Waals surface area contributed by atoms with Crippen molar-refractivity contribution in [3.05, 3.63) is 29.0 Å². The Morgan fingerprint density at radius 3 is 2.73 bits per heavy atom. The van der Waals surface area contributed by atoms with Crippen molar-refractivity contribution in [2.24, 2.45) is 5.73 Å². The molecule has 0 aliphatic heterocycles. The number of H-pyrrole nitrogens is 1. The molecule has 1 aromatic heterocycles. The topological polar surface area (TPSA) is 54.7 Å². The Morgan fingerprint density at radius 1 is 1.33 bits per heavy atom. The van der Waals surface area contributed by atoms with Crippen LogP contribution in [-0.4, -0.2) is 10.2 Å².